The van der Waals surface area contributed by atoms with E-state index >= 15 is 0 Å². The molecule has 0 radical (unpaired) electrons. The first kappa shape index (κ1) is 21.6. The van der Waals surface area contributed by atoms with Crippen molar-refractivity contribution < 1.29 is 9.53 Å². The van der Waals surface area contributed by atoms with Gasteiger partial charge in [-0.1, -0.05) is 11.6 Å². The third kappa shape index (κ3) is 7.64. The Labute approximate surface area is 160 Å². The van der Waals surface area contributed by atoms with E-state index in [0.29, 0.717) is 6.61 Å². The Kier molecular flexibility index (Phi) is 10.8. The first-order valence-corrected chi connectivity index (χ1v) is 9.82. The van der Waals surface area contributed by atoms with Crippen LogP contribution in [0, 0.1) is 5.92 Å². The van der Waals surface area contributed by atoms with Crippen molar-refractivity contribution in [3.63, 3.8) is 0 Å². The molecule has 0 N–H and O–H groups in total. The Morgan fingerprint density at radius 3 is 2.54 bits per heavy atom. The lowest BCUT2D eigenvalue weighted by Crippen LogP contribution is -2.37. The van der Waals surface area contributed by atoms with Crippen LogP contribution in [0.4, 0.5) is 0 Å². The molecule has 1 saturated heterocycles. The molecule has 0 aromatic heterocycles. The van der Waals surface area contributed by atoms with Crippen LogP contribution in [-0.4, -0.2) is 42.9 Å². The Hall–Kier alpha value is -0.420. The molecule has 0 bridgehead atoms. The predicted molar refractivity (Wildman–Crippen MR) is 104 cm³/mol. The van der Waals surface area contributed by atoms with E-state index in [1.54, 1.807) is 0 Å². The molecule has 1 heterocycles. The maximum Gasteiger partial charge on any atom is 0.309 e. The van der Waals surface area contributed by atoms with Gasteiger partial charge in [-0.25, -0.2) is 0 Å². The molecule has 1 aliphatic rings. The minimum Gasteiger partial charge on any atom is -0.466 e. The van der Waals surface area contributed by atoms with Crippen molar-refractivity contribution in [3.05, 3.63) is 29.3 Å². The van der Waals surface area contributed by atoms with E-state index in [9.17, 15) is 4.79 Å². The topological polar surface area (TPSA) is 29.5 Å². The molecule has 0 aliphatic carbocycles. The van der Waals surface area contributed by atoms with Crippen LogP contribution in [0.3, 0.4) is 0 Å². The number of rotatable bonds is 8. The molecule has 1 fully saturated rings. The fraction of sp³-hybridized carbons (Fsp3) is 0.611. The molecule has 0 spiro atoms. The number of ether oxygens (including phenoxy) is 1. The number of esters is 1. The zero-order valence-corrected chi connectivity index (χ0v) is 16.6. The smallest absolute Gasteiger partial charge is 0.309 e. The van der Waals surface area contributed by atoms with E-state index in [-0.39, 0.29) is 24.3 Å². The number of carbonyl (C=O) groups excluding carboxylic acids is 1. The lowest BCUT2D eigenvalue weighted by molar-refractivity contribution is -0.149. The summed E-state index contributed by atoms with van der Waals surface area (Å²) in [5.41, 5.74) is 0. The Morgan fingerprint density at radius 2 is 1.92 bits per heavy atom. The van der Waals surface area contributed by atoms with Crippen LogP contribution in [0.25, 0.3) is 0 Å². The number of likely N-dealkylation sites (tertiary alicyclic amines) is 1. The second-order valence-electron chi connectivity index (χ2n) is 5.88. The normalized spacial score (nSPS) is 15.8. The summed E-state index contributed by atoms with van der Waals surface area (Å²) in [5.74, 6) is 1.25. The second kappa shape index (κ2) is 12.0. The van der Waals surface area contributed by atoms with Gasteiger partial charge in [0.2, 0.25) is 0 Å². The number of piperidine rings is 1. The highest BCUT2D eigenvalue weighted by atomic mass is 35.5. The van der Waals surface area contributed by atoms with Gasteiger partial charge in [-0.15, -0.1) is 24.2 Å². The van der Waals surface area contributed by atoms with Gasteiger partial charge in [-0.3, -0.25) is 4.79 Å². The predicted octanol–water partition coefficient (Wildman–Crippen LogP) is 4.91. The molecule has 3 nitrogen and oxygen atoms in total. The molecular weight excluding hydrogens is 365 g/mol. The lowest BCUT2D eigenvalue weighted by Gasteiger charge is -2.30. The first-order chi connectivity index (χ1) is 11.2. The van der Waals surface area contributed by atoms with E-state index < -0.39 is 0 Å². The fourth-order valence-electron chi connectivity index (χ4n) is 2.81. The number of thioether (sulfide) groups is 1. The molecule has 2 rings (SSSR count). The third-order valence-corrected chi connectivity index (χ3v) is 5.51. The fourth-order valence-corrected chi connectivity index (χ4v) is 3.85. The van der Waals surface area contributed by atoms with E-state index in [0.717, 1.165) is 43.3 Å². The van der Waals surface area contributed by atoms with Gasteiger partial charge >= 0.3 is 5.97 Å². The highest BCUT2D eigenvalue weighted by Gasteiger charge is 2.25. The first-order valence-electron chi connectivity index (χ1n) is 8.46. The molecule has 6 heteroatoms. The Balaban J connectivity index is 0.00000288. The van der Waals surface area contributed by atoms with Gasteiger partial charge < -0.3 is 9.64 Å². The van der Waals surface area contributed by atoms with Crippen molar-refractivity contribution in [2.75, 3.05) is 32.0 Å². The number of halogens is 2. The maximum atomic E-state index is 11.7. The molecule has 1 aromatic rings. The van der Waals surface area contributed by atoms with Gasteiger partial charge in [0.25, 0.3) is 0 Å². The molecule has 24 heavy (non-hydrogen) atoms. The molecular formula is C18H27Cl2NO2S. The van der Waals surface area contributed by atoms with Gasteiger partial charge in [-0.05, 0) is 82.3 Å². The number of hydrogen-bond donors (Lipinski definition) is 0. The molecule has 1 aromatic carbocycles. The van der Waals surface area contributed by atoms with E-state index in [1.165, 1.54) is 17.7 Å². The van der Waals surface area contributed by atoms with Crippen LogP contribution >= 0.6 is 35.8 Å². The van der Waals surface area contributed by atoms with Crippen LogP contribution in [-0.2, 0) is 9.53 Å². The quantitative estimate of drug-likeness (QED) is 0.357. The van der Waals surface area contributed by atoms with Gasteiger partial charge in [0.05, 0.1) is 12.5 Å². The number of benzene rings is 1. The van der Waals surface area contributed by atoms with Crippen LogP contribution in [0.2, 0.25) is 5.02 Å². The number of hydrogen-bond acceptors (Lipinski definition) is 4. The minimum absolute atomic E-state index is 0. The van der Waals surface area contributed by atoms with Gasteiger partial charge in [0, 0.05) is 9.92 Å². The van der Waals surface area contributed by atoms with Crippen molar-refractivity contribution >= 4 is 41.7 Å². The summed E-state index contributed by atoms with van der Waals surface area (Å²) in [4.78, 5) is 15.5. The lowest BCUT2D eigenvalue weighted by atomic mass is 9.97. The van der Waals surface area contributed by atoms with Crippen LogP contribution in [0.5, 0.6) is 0 Å². The van der Waals surface area contributed by atoms with Crippen molar-refractivity contribution in [1.29, 1.82) is 0 Å². The SMILES string of the molecule is CCOC(=O)C1CCN(CCCCSc2ccc(Cl)cc2)CC1.Cl. The molecule has 0 saturated carbocycles. The summed E-state index contributed by atoms with van der Waals surface area (Å²) in [5, 5.41) is 0.792. The Morgan fingerprint density at radius 1 is 1.25 bits per heavy atom. The molecule has 0 unspecified atom stereocenters. The molecule has 136 valence electrons. The van der Waals surface area contributed by atoms with Gasteiger partial charge in [0.15, 0.2) is 0 Å². The van der Waals surface area contributed by atoms with Crippen molar-refractivity contribution in [1.82, 2.24) is 4.90 Å². The summed E-state index contributed by atoms with van der Waals surface area (Å²) in [7, 11) is 0. The molecule has 0 atom stereocenters. The Bertz CT molecular complexity index is 476. The molecule has 0 amide bonds. The van der Waals surface area contributed by atoms with Crippen LogP contribution in [0.15, 0.2) is 29.2 Å². The minimum atomic E-state index is -0.00786. The molecule has 1 aliphatic heterocycles. The summed E-state index contributed by atoms with van der Waals surface area (Å²) in [6.45, 7) is 5.54. The maximum absolute atomic E-state index is 11.7. The highest BCUT2D eigenvalue weighted by Crippen LogP contribution is 2.22. The second-order valence-corrected chi connectivity index (χ2v) is 7.48. The number of unbranched alkanes of at least 4 members (excludes halogenated alkanes) is 1. The number of nitrogens with zero attached hydrogens (tertiary/aromatic N) is 1. The summed E-state index contributed by atoms with van der Waals surface area (Å²) >= 11 is 7.77. The van der Waals surface area contributed by atoms with Crippen LogP contribution < -0.4 is 0 Å². The highest BCUT2D eigenvalue weighted by molar-refractivity contribution is 7.99. The number of carbonyl (C=O) groups is 1. The van der Waals surface area contributed by atoms with Gasteiger partial charge in [0.1, 0.15) is 0 Å². The van der Waals surface area contributed by atoms with Gasteiger partial charge in [-0.2, -0.15) is 0 Å². The monoisotopic (exact) mass is 391 g/mol. The largest absolute Gasteiger partial charge is 0.466 e. The third-order valence-electron chi connectivity index (χ3n) is 4.16. The van der Waals surface area contributed by atoms with E-state index in [4.69, 9.17) is 16.3 Å². The zero-order chi connectivity index (χ0) is 16.5. The van der Waals surface area contributed by atoms with E-state index in [2.05, 4.69) is 17.0 Å². The average Bonchev–Trinajstić information content (AvgIpc) is 2.57. The average molecular weight is 392 g/mol. The summed E-state index contributed by atoms with van der Waals surface area (Å²) < 4.78 is 5.11. The van der Waals surface area contributed by atoms with Crippen molar-refractivity contribution in [3.8, 4) is 0 Å². The standard InChI is InChI=1S/C18H26ClNO2S.ClH/c1-2-22-18(21)15-9-12-20(13-10-15)11-3-4-14-23-17-7-5-16(19)6-8-17;/h5-8,15H,2-4,9-14H2,1H3;1H. The summed E-state index contributed by atoms with van der Waals surface area (Å²) in [6.07, 6.45) is 4.31. The van der Waals surface area contributed by atoms with Crippen LogP contribution in [0.1, 0.15) is 32.6 Å². The zero-order valence-electron chi connectivity index (χ0n) is 14.2. The summed E-state index contributed by atoms with van der Waals surface area (Å²) in [6, 6.07) is 8.04. The van der Waals surface area contributed by atoms with Crippen molar-refractivity contribution in [2.45, 2.75) is 37.5 Å². The van der Waals surface area contributed by atoms with E-state index in [1.807, 2.05) is 30.8 Å². The van der Waals surface area contributed by atoms with Crippen molar-refractivity contribution in [2.24, 2.45) is 5.92 Å².